The molecule has 22 heavy (non-hydrogen) atoms. The fraction of sp³-hybridized carbons (Fsp3) is 0.533. The van der Waals surface area contributed by atoms with Gasteiger partial charge >= 0.3 is 5.76 Å². The third-order valence-electron chi connectivity index (χ3n) is 3.59. The molecule has 0 saturated carbocycles. The molecule has 1 aromatic carbocycles. The standard InChI is InChI=1S/C15H21F2NO3S/c1-3-11(4-2)10-18-14(19)9-12-5-7-13(8-6-12)22(20,21)15(16)17/h5-8,11,15H,3-4,9-10H2,1-2H3,(H,18,19). The summed E-state index contributed by atoms with van der Waals surface area (Å²) >= 11 is 0. The molecule has 0 unspecified atom stereocenters. The van der Waals surface area contributed by atoms with Gasteiger partial charge in [-0.25, -0.2) is 8.42 Å². The summed E-state index contributed by atoms with van der Waals surface area (Å²) < 4.78 is 47.4. The molecular formula is C15H21F2NO3S. The minimum absolute atomic E-state index is 0.0924. The summed E-state index contributed by atoms with van der Waals surface area (Å²) in [6.07, 6.45) is 2.06. The normalized spacial score (nSPS) is 11.9. The summed E-state index contributed by atoms with van der Waals surface area (Å²) in [5.74, 6) is -3.18. The number of benzene rings is 1. The fourth-order valence-corrected chi connectivity index (χ4v) is 2.70. The zero-order chi connectivity index (χ0) is 16.8. The molecule has 1 rings (SSSR count). The van der Waals surface area contributed by atoms with Crippen LogP contribution in [0.1, 0.15) is 32.3 Å². The maximum Gasteiger partial charge on any atom is 0.341 e. The van der Waals surface area contributed by atoms with Gasteiger partial charge in [0, 0.05) is 6.54 Å². The number of halogens is 2. The van der Waals surface area contributed by atoms with E-state index in [1.54, 1.807) is 0 Å². The van der Waals surface area contributed by atoms with Crippen molar-refractivity contribution >= 4 is 15.7 Å². The molecule has 1 aromatic rings. The molecule has 0 bridgehead atoms. The highest BCUT2D eigenvalue weighted by molar-refractivity contribution is 7.91. The van der Waals surface area contributed by atoms with E-state index >= 15 is 0 Å². The monoisotopic (exact) mass is 333 g/mol. The number of sulfone groups is 1. The quantitative estimate of drug-likeness (QED) is 0.796. The lowest BCUT2D eigenvalue weighted by Gasteiger charge is -2.13. The van der Waals surface area contributed by atoms with Crippen molar-refractivity contribution in [3.8, 4) is 0 Å². The summed E-state index contributed by atoms with van der Waals surface area (Å²) in [5, 5.41) is 2.82. The smallest absolute Gasteiger partial charge is 0.341 e. The molecule has 1 amide bonds. The van der Waals surface area contributed by atoms with Crippen molar-refractivity contribution in [2.75, 3.05) is 6.54 Å². The summed E-state index contributed by atoms with van der Waals surface area (Å²) in [7, 11) is -4.58. The van der Waals surface area contributed by atoms with Crippen LogP contribution in [-0.4, -0.2) is 26.6 Å². The van der Waals surface area contributed by atoms with Crippen LogP contribution < -0.4 is 5.32 Å². The molecule has 0 heterocycles. The number of amides is 1. The second kappa shape index (κ2) is 8.22. The van der Waals surface area contributed by atoms with E-state index in [0.717, 1.165) is 25.0 Å². The lowest BCUT2D eigenvalue weighted by molar-refractivity contribution is -0.120. The molecule has 0 atom stereocenters. The van der Waals surface area contributed by atoms with Crippen LogP contribution in [0.3, 0.4) is 0 Å². The minimum atomic E-state index is -4.58. The maximum absolute atomic E-state index is 12.4. The van der Waals surface area contributed by atoms with Crippen molar-refractivity contribution < 1.29 is 22.0 Å². The van der Waals surface area contributed by atoms with Crippen molar-refractivity contribution in [3.05, 3.63) is 29.8 Å². The number of alkyl halides is 2. The van der Waals surface area contributed by atoms with E-state index in [9.17, 15) is 22.0 Å². The van der Waals surface area contributed by atoms with Gasteiger partial charge in [0.15, 0.2) is 0 Å². The zero-order valence-corrected chi connectivity index (χ0v) is 13.5. The molecule has 0 saturated heterocycles. The zero-order valence-electron chi connectivity index (χ0n) is 12.7. The molecule has 1 N–H and O–H groups in total. The van der Waals surface area contributed by atoms with E-state index in [2.05, 4.69) is 19.2 Å². The molecule has 124 valence electrons. The maximum atomic E-state index is 12.4. The lowest BCUT2D eigenvalue weighted by atomic mass is 10.0. The van der Waals surface area contributed by atoms with Gasteiger partial charge in [0.05, 0.1) is 11.3 Å². The SMILES string of the molecule is CCC(CC)CNC(=O)Cc1ccc(S(=O)(=O)C(F)F)cc1. The van der Waals surface area contributed by atoms with E-state index in [1.807, 2.05) is 0 Å². The van der Waals surface area contributed by atoms with Crippen molar-refractivity contribution in [2.45, 2.75) is 43.8 Å². The highest BCUT2D eigenvalue weighted by Crippen LogP contribution is 2.18. The van der Waals surface area contributed by atoms with Crippen LogP contribution >= 0.6 is 0 Å². The van der Waals surface area contributed by atoms with Crippen LogP contribution in [0, 0.1) is 5.92 Å². The Morgan fingerprint density at radius 1 is 1.14 bits per heavy atom. The second-order valence-corrected chi connectivity index (χ2v) is 7.03. The topological polar surface area (TPSA) is 63.2 Å². The molecular weight excluding hydrogens is 312 g/mol. The Morgan fingerprint density at radius 3 is 2.14 bits per heavy atom. The van der Waals surface area contributed by atoms with Gasteiger partial charge in [-0.1, -0.05) is 38.8 Å². The predicted octanol–water partition coefficient (Wildman–Crippen LogP) is 2.78. The Bertz CT molecular complexity index is 581. The van der Waals surface area contributed by atoms with Gasteiger partial charge in [0.25, 0.3) is 0 Å². The van der Waals surface area contributed by atoms with Gasteiger partial charge < -0.3 is 5.32 Å². The Morgan fingerprint density at radius 2 is 1.68 bits per heavy atom. The van der Waals surface area contributed by atoms with Gasteiger partial charge in [-0.2, -0.15) is 8.78 Å². The van der Waals surface area contributed by atoms with Gasteiger partial charge in [0.2, 0.25) is 15.7 Å². The van der Waals surface area contributed by atoms with Crippen LogP contribution in [0.25, 0.3) is 0 Å². The molecule has 4 nitrogen and oxygen atoms in total. The van der Waals surface area contributed by atoms with E-state index < -0.39 is 20.5 Å². The van der Waals surface area contributed by atoms with Crippen molar-refractivity contribution in [1.82, 2.24) is 5.32 Å². The lowest BCUT2D eigenvalue weighted by Crippen LogP contribution is -2.30. The van der Waals surface area contributed by atoms with Crippen LogP contribution in [0.5, 0.6) is 0 Å². The second-order valence-electron chi connectivity index (χ2n) is 5.11. The fourth-order valence-electron chi connectivity index (χ4n) is 1.98. The number of rotatable bonds is 8. The average molecular weight is 333 g/mol. The number of nitrogens with one attached hydrogen (secondary N) is 1. The van der Waals surface area contributed by atoms with E-state index in [1.165, 1.54) is 12.1 Å². The average Bonchev–Trinajstić information content (AvgIpc) is 2.48. The Hall–Kier alpha value is -1.50. The summed E-state index contributed by atoms with van der Waals surface area (Å²) in [4.78, 5) is 11.3. The molecule has 0 radical (unpaired) electrons. The van der Waals surface area contributed by atoms with Crippen molar-refractivity contribution in [3.63, 3.8) is 0 Å². The third kappa shape index (κ3) is 5.05. The van der Waals surface area contributed by atoms with Gasteiger partial charge in [0.1, 0.15) is 0 Å². The highest BCUT2D eigenvalue weighted by atomic mass is 32.2. The van der Waals surface area contributed by atoms with E-state index in [0.29, 0.717) is 18.0 Å². The summed E-state index contributed by atoms with van der Waals surface area (Å²) in [5.41, 5.74) is 0.579. The third-order valence-corrected chi connectivity index (χ3v) is 4.99. The largest absolute Gasteiger partial charge is 0.356 e. The summed E-state index contributed by atoms with van der Waals surface area (Å²) in [6.45, 7) is 4.72. The first kappa shape index (κ1) is 18.5. The van der Waals surface area contributed by atoms with E-state index in [-0.39, 0.29) is 12.3 Å². The number of carbonyl (C=O) groups is 1. The number of hydrogen-bond acceptors (Lipinski definition) is 3. The van der Waals surface area contributed by atoms with Crippen LogP contribution in [0.4, 0.5) is 8.78 Å². The van der Waals surface area contributed by atoms with Gasteiger partial charge in [-0.05, 0) is 23.6 Å². The molecule has 0 spiro atoms. The predicted molar refractivity (Wildman–Crippen MR) is 80.4 cm³/mol. The van der Waals surface area contributed by atoms with Crippen LogP contribution in [0.2, 0.25) is 0 Å². The number of carbonyl (C=O) groups excluding carboxylic acids is 1. The molecule has 0 aliphatic rings. The molecule has 7 heteroatoms. The highest BCUT2D eigenvalue weighted by Gasteiger charge is 2.26. The molecule has 0 aliphatic heterocycles. The summed E-state index contributed by atoms with van der Waals surface area (Å²) in [6, 6.07) is 4.97. The first-order chi connectivity index (χ1) is 10.3. The molecule has 0 aromatic heterocycles. The van der Waals surface area contributed by atoms with E-state index in [4.69, 9.17) is 0 Å². The minimum Gasteiger partial charge on any atom is -0.356 e. The van der Waals surface area contributed by atoms with Crippen LogP contribution in [-0.2, 0) is 21.1 Å². The Labute approximate surface area is 129 Å². The van der Waals surface area contributed by atoms with Crippen LogP contribution in [0.15, 0.2) is 29.2 Å². The molecule has 0 aliphatic carbocycles. The van der Waals surface area contributed by atoms with Gasteiger partial charge in [-0.15, -0.1) is 0 Å². The first-order valence-electron chi connectivity index (χ1n) is 7.18. The first-order valence-corrected chi connectivity index (χ1v) is 8.73. The van der Waals surface area contributed by atoms with Crippen molar-refractivity contribution in [1.29, 1.82) is 0 Å². The van der Waals surface area contributed by atoms with Gasteiger partial charge in [-0.3, -0.25) is 4.79 Å². The van der Waals surface area contributed by atoms with Crippen molar-refractivity contribution in [2.24, 2.45) is 5.92 Å². The molecule has 0 fully saturated rings. The number of hydrogen-bond donors (Lipinski definition) is 1. The Kier molecular flexibility index (Phi) is 6.93. The Balaban J connectivity index is 2.63.